The Balaban J connectivity index is 2.39. The zero-order valence-corrected chi connectivity index (χ0v) is 15.4. The zero-order valence-electron chi connectivity index (χ0n) is 15.4. The van der Waals surface area contributed by atoms with Crippen LogP contribution in [0.15, 0.2) is 30.3 Å². The van der Waals surface area contributed by atoms with E-state index in [0.717, 1.165) is 5.56 Å². The predicted octanol–water partition coefficient (Wildman–Crippen LogP) is 0.472. The van der Waals surface area contributed by atoms with Crippen LogP contribution in [0.3, 0.4) is 0 Å². The SMILES string of the molecule is CCOC(=O)[C@H](C)C[C@H](NC(=O)CNC(=O)OCc1ccccc1)C(N)=O. The first kappa shape index (κ1) is 21.9. The Bertz CT molecular complexity index is 650. The van der Waals surface area contributed by atoms with Gasteiger partial charge in [-0.3, -0.25) is 14.4 Å². The number of carbonyl (C=O) groups excluding carboxylic acids is 4. The Morgan fingerprint density at radius 3 is 2.37 bits per heavy atom. The first-order valence-electron chi connectivity index (χ1n) is 8.53. The average Bonchev–Trinajstić information content (AvgIpc) is 2.65. The van der Waals surface area contributed by atoms with E-state index in [0.29, 0.717) is 0 Å². The molecule has 27 heavy (non-hydrogen) atoms. The van der Waals surface area contributed by atoms with Crippen molar-refractivity contribution in [2.45, 2.75) is 32.9 Å². The highest BCUT2D eigenvalue weighted by Gasteiger charge is 2.25. The van der Waals surface area contributed by atoms with Crippen LogP contribution in [0, 0.1) is 5.92 Å². The molecule has 0 radical (unpaired) electrons. The minimum Gasteiger partial charge on any atom is -0.466 e. The van der Waals surface area contributed by atoms with Gasteiger partial charge in [-0.25, -0.2) is 4.79 Å². The summed E-state index contributed by atoms with van der Waals surface area (Å²) in [7, 11) is 0. The summed E-state index contributed by atoms with van der Waals surface area (Å²) < 4.78 is 9.83. The minimum absolute atomic E-state index is 0.00163. The number of amides is 3. The van der Waals surface area contributed by atoms with Gasteiger partial charge in [-0.2, -0.15) is 0 Å². The molecule has 3 amide bonds. The number of esters is 1. The number of alkyl carbamates (subject to hydrolysis) is 1. The first-order chi connectivity index (χ1) is 12.8. The molecule has 0 saturated heterocycles. The fourth-order valence-corrected chi connectivity index (χ4v) is 2.15. The van der Waals surface area contributed by atoms with Crippen LogP contribution in [0.1, 0.15) is 25.8 Å². The van der Waals surface area contributed by atoms with E-state index >= 15 is 0 Å². The van der Waals surface area contributed by atoms with E-state index in [1.807, 2.05) is 18.2 Å². The van der Waals surface area contributed by atoms with E-state index in [4.69, 9.17) is 15.2 Å². The van der Waals surface area contributed by atoms with Crippen LogP contribution >= 0.6 is 0 Å². The molecule has 1 aromatic carbocycles. The number of rotatable bonds is 10. The monoisotopic (exact) mass is 379 g/mol. The molecule has 9 nitrogen and oxygen atoms in total. The lowest BCUT2D eigenvalue weighted by atomic mass is 10.0. The lowest BCUT2D eigenvalue weighted by Crippen LogP contribution is -2.49. The van der Waals surface area contributed by atoms with E-state index in [1.165, 1.54) is 0 Å². The maximum absolute atomic E-state index is 11.9. The molecule has 0 heterocycles. The molecule has 0 saturated carbocycles. The maximum Gasteiger partial charge on any atom is 0.407 e. The fraction of sp³-hybridized carbons (Fsp3) is 0.444. The van der Waals surface area contributed by atoms with Crippen molar-refractivity contribution in [2.24, 2.45) is 11.7 Å². The van der Waals surface area contributed by atoms with Gasteiger partial charge in [-0.1, -0.05) is 37.3 Å². The number of hydrogen-bond donors (Lipinski definition) is 3. The average molecular weight is 379 g/mol. The van der Waals surface area contributed by atoms with Crippen LogP contribution in [0.25, 0.3) is 0 Å². The standard InChI is InChI=1S/C18H25N3O6/c1-3-26-17(24)12(2)9-14(16(19)23)21-15(22)10-20-18(25)27-11-13-7-5-4-6-8-13/h4-8,12,14H,3,9-11H2,1-2H3,(H2,19,23)(H,20,25)(H,21,22)/t12-,14+/m1/s1. The minimum atomic E-state index is -1.06. The van der Waals surface area contributed by atoms with Gasteiger partial charge in [0, 0.05) is 0 Å². The van der Waals surface area contributed by atoms with Gasteiger partial charge in [-0.15, -0.1) is 0 Å². The van der Waals surface area contributed by atoms with Crippen LogP contribution in [0.2, 0.25) is 0 Å². The van der Waals surface area contributed by atoms with E-state index in [1.54, 1.807) is 26.0 Å². The topological polar surface area (TPSA) is 137 Å². The van der Waals surface area contributed by atoms with E-state index < -0.39 is 42.4 Å². The highest BCUT2D eigenvalue weighted by atomic mass is 16.5. The van der Waals surface area contributed by atoms with Gasteiger partial charge in [0.15, 0.2) is 0 Å². The Kier molecular flexibility index (Phi) is 9.35. The molecule has 0 bridgehead atoms. The normalized spacial score (nSPS) is 12.4. The lowest BCUT2D eigenvalue weighted by molar-refractivity contribution is -0.148. The number of nitrogens with two attached hydrogens (primary N) is 1. The van der Waals surface area contributed by atoms with Crippen LogP contribution in [-0.2, 0) is 30.5 Å². The van der Waals surface area contributed by atoms with Gasteiger partial charge in [-0.05, 0) is 18.9 Å². The molecule has 1 aromatic rings. The second-order valence-corrected chi connectivity index (χ2v) is 5.83. The third kappa shape index (κ3) is 8.70. The van der Waals surface area contributed by atoms with Crippen LogP contribution < -0.4 is 16.4 Å². The quantitative estimate of drug-likeness (QED) is 0.506. The lowest BCUT2D eigenvalue weighted by Gasteiger charge is -2.19. The molecule has 4 N–H and O–H groups in total. The van der Waals surface area contributed by atoms with Gasteiger partial charge in [0.05, 0.1) is 12.5 Å². The first-order valence-corrected chi connectivity index (χ1v) is 8.53. The molecule has 0 aliphatic rings. The fourth-order valence-electron chi connectivity index (χ4n) is 2.15. The molecule has 0 aliphatic heterocycles. The van der Waals surface area contributed by atoms with Crippen molar-refractivity contribution in [3.63, 3.8) is 0 Å². The summed E-state index contributed by atoms with van der Waals surface area (Å²) in [6, 6.07) is 7.99. The van der Waals surface area contributed by atoms with E-state index in [-0.39, 0.29) is 19.6 Å². The molecule has 0 fully saturated rings. The zero-order chi connectivity index (χ0) is 20.2. The van der Waals surface area contributed by atoms with Crippen molar-refractivity contribution < 1.29 is 28.7 Å². The second kappa shape index (κ2) is 11.5. The Morgan fingerprint density at radius 1 is 1.11 bits per heavy atom. The number of primary amides is 1. The van der Waals surface area contributed by atoms with Crippen molar-refractivity contribution in [2.75, 3.05) is 13.2 Å². The largest absolute Gasteiger partial charge is 0.466 e. The third-order valence-corrected chi connectivity index (χ3v) is 3.56. The van der Waals surface area contributed by atoms with Crippen molar-refractivity contribution >= 4 is 23.9 Å². The summed E-state index contributed by atoms with van der Waals surface area (Å²) in [4.78, 5) is 46.6. The summed E-state index contributed by atoms with van der Waals surface area (Å²) in [5.74, 6) is -2.52. The molecular formula is C18H25N3O6. The van der Waals surface area contributed by atoms with Crippen LogP contribution in [-0.4, -0.2) is 43.1 Å². The smallest absolute Gasteiger partial charge is 0.407 e. The van der Waals surface area contributed by atoms with Crippen molar-refractivity contribution in [1.82, 2.24) is 10.6 Å². The number of carbonyl (C=O) groups is 4. The van der Waals surface area contributed by atoms with Crippen molar-refractivity contribution in [3.05, 3.63) is 35.9 Å². The predicted molar refractivity (Wildman–Crippen MR) is 96.2 cm³/mol. The van der Waals surface area contributed by atoms with Gasteiger partial charge in [0.1, 0.15) is 19.2 Å². The van der Waals surface area contributed by atoms with Crippen LogP contribution in [0.4, 0.5) is 4.79 Å². The van der Waals surface area contributed by atoms with E-state index in [9.17, 15) is 19.2 Å². The number of benzene rings is 1. The number of ether oxygens (including phenoxy) is 2. The maximum atomic E-state index is 11.9. The van der Waals surface area contributed by atoms with Crippen molar-refractivity contribution in [1.29, 1.82) is 0 Å². The Morgan fingerprint density at radius 2 is 1.78 bits per heavy atom. The van der Waals surface area contributed by atoms with Gasteiger partial charge in [0.25, 0.3) is 0 Å². The third-order valence-electron chi connectivity index (χ3n) is 3.56. The summed E-state index contributed by atoms with van der Waals surface area (Å²) in [5.41, 5.74) is 6.06. The highest BCUT2D eigenvalue weighted by molar-refractivity contribution is 5.89. The molecule has 0 aliphatic carbocycles. The molecular weight excluding hydrogens is 354 g/mol. The summed E-state index contributed by atoms with van der Waals surface area (Å²) in [5, 5.41) is 4.66. The van der Waals surface area contributed by atoms with Gasteiger partial charge in [0.2, 0.25) is 11.8 Å². The molecule has 0 aromatic heterocycles. The molecule has 0 spiro atoms. The molecule has 9 heteroatoms. The molecule has 2 atom stereocenters. The summed E-state index contributed by atoms with van der Waals surface area (Å²) in [6.45, 7) is 3.12. The van der Waals surface area contributed by atoms with E-state index in [2.05, 4.69) is 10.6 Å². The molecule has 0 unspecified atom stereocenters. The van der Waals surface area contributed by atoms with Crippen LogP contribution in [0.5, 0.6) is 0 Å². The summed E-state index contributed by atoms with van der Waals surface area (Å²) in [6.07, 6.45) is -0.775. The van der Waals surface area contributed by atoms with Crippen molar-refractivity contribution in [3.8, 4) is 0 Å². The molecule has 148 valence electrons. The highest BCUT2D eigenvalue weighted by Crippen LogP contribution is 2.08. The number of hydrogen-bond acceptors (Lipinski definition) is 6. The molecule has 1 rings (SSSR count). The second-order valence-electron chi connectivity index (χ2n) is 5.83. The number of nitrogens with one attached hydrogen (secondary N) is 2. The summed E-state index contributed by atoms with van der Waals surface area (Å²) >= 11 is 0. The van der Waals surface area contributed by atoms with Gasteiger partial charge >= 0.3 is 12.1 Å². The Hall–Kier alpha value is -3.10. The Labute approximate surface area is 157 Å². The van der Waals surface area contributed by atoms with Gasteiger partial charge < -0.3 is 25.8 Å².